The second kappa shape index (κ2) is 9.37. The minimum atomic E-state index is 0.199. The van der Waals surface area contributed by atoms with Gasteiger partial charge < -0.3 is 20.3 Å². The van der Waals surface area contributed by atoms with Crippen molar-refractivity contribution in [1.29, 1.82) is 0 Å². The smallest absolute Gasteiger partial charge is 0.227 e. The molecule has 27 heavy (non-hydrogen) atoms. The molecule has 2 N–H and O–H groups in total. The third-order valence-corrected chi connectivity index (χ3v) is 4.84. The summed E-state index contributed by atoms with van der Waals surface area (Å²) in [6.45, 7) is 1.61. The van der Waals surface area contributed by atoms with Crippen LogP contribution in [-0.4, -0.2) is 31.2 Å². The van der Waals surface area contributed by atoms with Crippen LogP contribution in [0.25, 0.3) is 0 Å². The fourth-order valence-corrected chi connectivity index (χ4v) is 3.33. The summed E-state index contributed by atoms with van der Waals surface area (Å²) in [5.41, 5.74) is 3.14. The molecule has 0 atom stereocenters. The Labute approximate surface area is 165 Å². The Morgan fingerprint density at radius 1 is 1.15 bits per heavy atom. The molecule has 1 fully saturated rings. The molecule has 2 aromatic carbocycles. The van der Waals surface area contributed by atoms with Crippen LogP contribution >= 0.6 is 12.2 Å². The van der Waals surface area contributed by atoms with Gasteiger partial charge in [0.05, 0.1) is 7.11 Å². The molecule has 3 rings (SSSR count). The number of rotatable bonds is 7. The van der Waals surface area contributed by atoms with Crippen LogP contribution in [0.3, 0.4) is 0 Å². The van der Waals surface area contributed by atoms with Gasteiger partial charge in [0.1, 0.15) is 5.75 Å². The molecular weight excluding hydrogens is 358 g/mol. The number of amides is 1. The van der Waals surface area contributed by atoms with E-state index in [4.69, 9.17) is 17.0 Å². The Kier molecular flexibility index (Phi) is 6.65. The first-order chi connectivity index (χ1) is 13.2. The summed E-state index contributed by atoms with van der Waals surface area (Å²) in [5.74, 6) is 1.08. The van der Waals surface area contributed by atoms with Crippen LogP contribution in [0.1, 0.15) is 24.8 Å². The van der Waals surface area contributed by atoms with Gasteiger partial charge in [-0.05, 0) is 73.4 Å². The van der Waals surface area contributed by atoms with E-state index in [1.807, 2.05) is 41.3 Å². The van der Waals surface area contributed by atoms with Crippen molar-refractivity contribution in [3.63, 3.8) is 0 Å². The highest BCUT2D eigenvalue weighted by Gasteiger charge is 2.21. The van der Waals surface area contributed by atoms with E-state index in [1.54, 1.807) is 7.11 Å². The first kappa shape index (κ1) is 19.2. The average Bonchev–Trinajstić information content (AvgIpc) is 3.12. The molecule has 1 saturated heterocycles. The van der Waals surface area contributed by atoms with Crippen molar-refractivity contribution in [3.8, 4) is 5.75 Å². The molecule has 1 aliphatic heterocycles. The van der Waals surface area contributed by atoms with Gasteiger partial charge in [-0.2, -0.15) is 0 Å². The van der Waals surface area contributed by atoms with E-state index in [2.05, 4.69) is 22.8 Å². The summed E-state index contributed by atoms with van der Waals surface area (Å²) < 4.78 is 5.17. The molecule has 0 aliphatic carbocycles. The highest BCUT2D eigenvalue weighted by Crippen LogP contribution is 2.23. The number of nitrogens with zero attached hydrogens (tertiary/aromatic N) is 1. The summed E-state index contributed by atoms with van der Waals surface area (Å²) in [6, 6.07) is 15.9. The van der Waals surface area contributed by atoms with Crippen LogP contribution in [0.2, 0.25) is 0 Å². The van der Waals surface area contributed by atoms with E-state index in [9.17, 15) is 4.79 Å². The van der Waals surface area contributed by atoms with Gasteiger partial charge in [-0.25, -0.2) is 0 Å². The molecule has 2 aromatic rings. The van der Waals surface area contributed by atoms with Crippen molar-refractivity contribution in [1.82, 2.24) is 5.32 Å². The molecule has 142 valence electrons. The summed E-state index contributed by atoms with van der Waals surface area (Å²) in [6.07, 6.45) is 3.55. The van der Waals surface area contributed by atoms with Crippen molar-refractivity contribution >= 4 is 34.6 Å². The van der Waals surface area contributed by atoms with Crippen LogP contribution in [0, 0.1) is 0 Å². The average molecular weight is 384 g/mol. The van der Waals surface area contributed by atoms with E-state index in [1.165, 1.54) is 5.56 Å². The number of ether oxygens (including phenoxy) is 1. The Morgan fingerprint density at radius 3 is 2.52 bits per heavy atom. The van der Waals surface area contributed by atoms with Gasteiger partial charge >= 0.3 is 0 Å². The van der Waals surface area contributed by atoms with Crippen molar-refractivity contribution in [2.24, 2.45) is 0 Å². The number of carbonyl (C=O) groups excluding carboxylic acids is 1. The van der Waals surface area contributed by atoms with Crippen LogP contribution in [0.4, 0.5) is 11.4 Å². The largest absolute Gasteiger partial charge is 0.497 e. The Hall–Kier alpha value is -2.60. The number of benzene rings is 2. The SMILES string of the molecule is COc1ccc(CCCNC(=S)Nc2ccc(N3CCCC3=O)cc2)cc1. The van der Waals surface area contributed by atoms with Crippen LogP contribution in [0.5, 0.6) is 5.75 Å². The molecule has 0 aromatic heterocycles. The highest BCUT2D eigenvalue weighted by atomic mass is 32.1. The maximum Gasteiger partial charge on any atom is 0.227 e. The molecule has 0 bridgehead atoms. The number of methoxy groups -OCH3 is 1. The highest BCUT2D eigenvalue weighted by molar-refractivity contribution is 7.80. The molecule has 1 aliphatic rings. The second-order valence-electron chi connectivity index (χ2n) is 6.53. The van der Waals surface area contributed by atoms with Gasteiger partial charge in [-0.1, -0.05) is 12.1 Å². The summed E-state index contributed by atoms with van der Waals surface area (Å²) in [7, 11) is 1.67. The van der Waals surface area contributed by atoms with E-state index >= 15 is 0 Å². The Balaban J connectivity index is 1.39. The molecule has 0 spiro atoms. The van der Waals surface area contributed by atoms with Gasteiger partial charge in [0, 0.05) is 30.9 Å². The fraction of sp³-hybridized carbons (Fsp3) is 0.333. The zero-order valence-electron chi connectivity index (χ0n) is 15.5. The molecule has 0 radical (unpaired) electrons. The topological polar surface area (TPSA) is 53.6 Å². The molecule has 1 amide bonds. The van der Waals surface area contributed by atoms with Crippen molar-refractivity contribution < 1.29 is 9.53 Å². The lowest BCUT2D eigenvalue weighted by atomic mass is 10.1. The lowest BCUT2D eigenvalue weighted by Crippen LogP contribution is -2.29. The van der Waals surface area contributed by atoms with E-state index in [-0.39, 0.29) is 5.91 Å². The van der Waals surface area contributed by atoms with Crippen LogP contribution in [-0.2, 0) is 11.2 Å². The number of hydrogen-bond acceptors (Lipinski definition) is 3. The number of carbonyl (C=O) groups is 1. The van der Waals surface area contributed by atoms with E-state index in [0.717, 1.165) is 49.5 Å². The van der Waals surface area contributed by atoms with E-state index < -0.39 is 0 Å². The summed E-state index contributed by atoms with van der Waals surface area (Å²) in [4.78, 5) is 13.6. The Morgan fingerprint density at radius 2 is 1.89 bits per heavy atom. The number of nitrogens with one attached hydrogen (secondary N) is 2. The number of aryl methyl sites for hydroxylation is 1. The quantitative estimate of drug-likeness (QED) is 0.563. The Bertz CT molecular complexity index is 775. The van der Waals surface area contributed by atoms with Crippen molar-refractivity contribution in [3.05, 3.63) is 54.1 Å². The van der Waals surface area contributed by atoms with E-state index in [0.29, 0.717) is 11.5 Å². The standard InChI is InChI=1S/C21H25N3O2S/c1-26-19-12-6-16(7-13-19)4-2-14-22-21(27)23-17-8-10-18(11-9-17)24-15-3-5-20(24)25/h6-13H,2-5,14-15H2,1H3,(H2,22,23,27). The summed E-state index contributed by atoms with van der Waals surface area (Å²) >= 11 is 5.35. The third-order valence-electron chi connectivity index (χ3n) is 4.60. The molecular formula is C21H25N3O2S. The van der Waals surface area contributed by atoms with Gasteiger partial charge in [0.2, 0.25) is 5.91 Å². The maximum absolute atomic E-state index is 11.8. The first-order valence-corrected chi connectivity index (χ1v) is 9.65. The van der Waals surface area contributed by atoms with Gasteiger partial charge in [0.15, 0.2) is 5.11 Å². The maximum atomic E-state index is 11.8. The fourth-order valence-electron chi connectivity index (χ4n) is 3.11. The van der Waals surface area contributed by atoms with Crippen LogP contribution in [0.15, 0.2) is 48.5 Å². The number of hydrogen-bond donors (Lipinski definition) is 2. The zero-order valence-corrected chi connectivity index (χ0v) is 16.3. The van der Waals surface area contributed by atoms with Crippen molar-refractivity contribution in [2.45, 2.75) is 25.7 Å². The van der Waals surface area contributed by atoms with Gasteiger partial charge in [0.25, 0.3) is 0 Å². The lowest BCUT2D eigenvalue weighted by Gasteiger charge is -2.16. The molecule has 0 unspecified atom stereocenters. The second-order valence-corrected chi connectivity index (χ2v) is 6.94. The molecule has 0 saturated carbocycles. The lowest BCUT2D eigenvalue weighted by molar-refractivity contribution is -0.117. The molecule has 5 nitrogen and oxygen atoms in total. The van der Waals surface area contributed by atoms with Gasteiger partial charge in [-0.3, -0.25) is 4.79 Å². The third kappa shape index (κ3) is 5.44. The summed E-state index contributed by atoms with van der Waals surface area (Å²) in [5, 5.41) is 7.02. The number of anilines is 2. The minimum absolute atomic E-state index is 0.199. The predicted octanol–water partition coefficient (Wildman–Crippen LogP) is 3.74. The minimum Gasteiger partial charge on any atom is -0.497 e. The molecule has 1 heterocycles. The first-order valence-electron chi connectivity index (χ1n) is 9.24. The van der Waals surface area contributed by atoms with Gasteiger partial charge in [-0.15, -0.1) is 0 Å². The molecule has 6 heteroatoms. The monoisotopic (exact) mass is 383 g/mol. The van der Waals surface area contributed by atoms with Crippen LogP contribution < -0.4 is 20.3 Å². The normalized spacial score (nSPS) is 13.5. The number of thiocarbonyl (C=S) groups is 1. The van der Waals surface area contributed by atoms with Crippen molar-refractivity contribution in [2.75, 3.05) is 30.4 Å². The predicted molar refractivity (Wildman–Crippen MR) is 114 cm³/mol. The zero-order chi connectivity index (χ0) is 19.1.